The molecule has 8 heteroatoms. The number of benzene rings is 1. The van der Waals surface area contributed by atoms with E-state index in [0.717, 1.165) is 0 Å². The maximum absolute atomic E-state index is 12.3. The lowest BCUT2D eigenvalue weighted by Gasteiger charge is -2.45. The molecule has 2 aliphatic heterocycles. The molecule has 1 fully saturated rings. The van der Waals surface area contributed by atoms with Gasteiger partial charge in [0, 0.05) is 25.2 Å². The van der Waals surface area contributed by atoms with Gasteiger partial charge in [0.15, 0.2) is 6.29 Å². The van der Waals surface area contributed by atoms with Gasteiger partial charge in [0.1, 0.15) is 18.0 Å². The highest BCUT2D eigenvalue weighted by Crippen LogP contribution is 2.37. The van der Waals surface area contributed by atoms with Gasteiger partial charge in [-0.2, -0.15) is 0 Å². The minimum absolute atomic E-state index is 0.0791. The molecule has 1 saturated heterocycles. The zero-order valence-electron chi connectivity index (χ0n) is 15.0. The molecule has 3 rings (SSSR count). The van der Waals surface area contributed by atoms with Crippen molar-refractivity contribution in [1.82, 2.24) is 4.90 Å². The Balaban J connectivity index is 1.81. The van der Waals surface area contributed by atoms with Crippen molar-refractivity contribution in [3.05, 3.63) is 23.3 Å². The fraction of sp³-hybridized carbons (Fsp3) is 0.500. The Morgan fingerprint density at radius 2 is 2.04 bits per heavy atom. The van der Waals surface area contributed by atoms with Crippen LogP contribution in [0.25, 0.3) is 0 Å². The van der Waals surface area contributed by atoms with Gasteiger partial charge >= 0.3 is 12.1 Å². The Bertz CT molecular complexity index is 755. The molecule has 1 aromatic rings. The van der Waals surface area contributed by atoms with Gasteiger partial charge in [0.25, 0.3) is 0 Å². The number of aromatic carboxylic acids is 1. The number of carboxylic acids is 1. The van der Waals surface area contributed by atoms with E-state index >= 15 is 0 Å². The number of nitrogens with zero attached hydrogens (tertiary/aromatic N) is 2. The van der Waals surface area contributed by atoms with Crippen LogP contribution in [-0.4, -0.2) is 66.2 Å². The molecule has 140 valence electrons. The smallest absolute Gasteiger partial charge is 0.410 e. The topological polar surface area (TPSA) is 96.4 Å². The van der Waals surface area contributed by atoms with Gasteiger partial charge in [0.2, 0.25) is 0 Å². The van der Waals surface area contributed by atoms with E-state index in [-0.39, 0.29) is 23.3 Å². The van der Waals surface area contributed by atoms with Crippen molar-refractivity contribution in [3.63, 3.8) is 0 Å². The Labute approximate surface area is 151 Å². The van der Waals surface area contributed by atoms with Crippen molar-refractivity contribution in [3.8, 4) is 5.75 Å². The van der Waals surface area contributed by atoms with Gasteiger partial charge in [-0.1, -0.05) is 0 Å². The number of carboxylic acid groups (broad SMARTS) is 1. The Hall–Kier alpha value is -2.77. The van der Waals surface area contributed by atoms with Crippen molar-refractivity contribution < 1.29 is 29.0 Å². The average molecular weight is 362 g/mol. The van der Waals surface area contributed by atoms with Crippen molar-refractivity contribution in [1.29, 1.82) is 0 Å². The van der Waals surface area contributed by atoms with Crippen LogP contribution in [0.3, 0.4) is 0 Å². The van der Waals surface area contributed by atoms with Gasteiger partial charge in [-0.25, -0.2) is 9.59 Å². The molecule has 0 radical (unpaired) electrons. The Kier molecular flexibility index (Phi) is 4.52. The number of ether oxygens (including phenoxy) is 2. The van der Waals surface area contributed by atoms with Crippen molar-refractivity contribution in [2.24, 2.45) is 0 Å². The quantitative estimate of drug-likeness (QED) is 0.804. The summed E-state index contributed by atoms with van der Waals surface area (Å²) < 4.78 is 11.1. The highest BCUT2D eigenvalue weighted by atomic mass is 16.6. The van der Waals surface area contributed by atoms with Crippen LogP contribution < -0.4 is 9.64 Å². The minimum Gasteiger partial charge on any atom is -0.489 e. The molecule has 1 N–H and O–H groups in total. The molecule has 1 unspecified atom stereocenters. The van der Waals surface area contributed by atoms with E-state index in [1.165, 1.54) is 6.07 Å². The summed E-state index contributed by atoms with van der Waals surface area (Å²) in [5.74, 6) is -0.731. The summed E-state index contributed by atoms with van der Waals surface area (Å²) in [5, 5.41) is 9.23. The SMILES string of the molecule is CC(C)(C)OC(=O)N1CCN2c3cc(C=O)c(C(=O)O)cc3OCC2C1. The zero-order valence-corrected chi connectivity index (χ0v) is 15.0. The minimum atomic E-state index is -1.17. The van der Waals surface area contributed by atoms with E-state index in [1.807, 2.05) is 20.8 Å². The van der Waals surface area contributed by atoms with E-state index in [0.29, 0.717) is 44.0 Å². The second-order valence-electron chi connectivity index (χ2n) is 7.41. The molecule has 0 bridgehead atoms. The standard InChI is InChI=1S/C18H22N2O6/c1-18(2,3)26-17(24)19-4-5-20-12(8-19)10-25-15-7-13(16(22)23)11(9-21)6-14(15)20/h6-7,9,12H,4-5,8,10H2,1-3H3,(H,22,23). The number of piperazine rings is 1. The lowest BCUT2D eigenvalue weighted by atomic mass is 10.0. The number of hydrogen-bond donors (Lipinski definition) is 1. The van der Waals surface area contributed by atoms with Crippen LogP contribution in [0.1, 0.15) is 41.5 Å². The van der Waals surface area contributed by atoms with Crippen molar-refractivity contribution >= 4 is 24.0 Å². The first kappa shape index (κ1) is 18.0. The summed E-state index contributed by atoms with van der Waals surface area (Å²) in [6.07, 6.45) is 0.169. The first-order chi connectivity index (χ1) is 12.2. The van der Waals surface area contributed by atoms with Gasteiger partial charge < -0.3 is 24.4 Å². The van der Waals surface area contributed by atoms with Crippen LogP contribution in [0.15, 0.2) is 12.1 Å². The molecule has 2 aliphatic rings. The zero-order chi connectivity index (χ0) is 19.1. The summed E-state index contributed by atoms with van der Waals surface area (Å²) in [4.78, 5) is 38.5. The molecule has 0 aromatic heterocycles. The summed E-state index contributed by atoms with van der Waals surface area (Å²) in [6.45, 7) is 7.25. The second-order valence-corrected chi connectivity index (χ2v) is 7.41. The second kappa shape index (κ2) is 6.51. The van der Waals surface area contributed by atoms with Gasteiger partial charge in [-0.05, 0) is 32.9 Å². The molecule has 0 spiro atoms. The normalized spacial score (nSPS) is 19.1. The molecule has 0 aliphatic carbocycles. The van der Waals surface area contributed by atoms with E-state index in [9.17, 15) is 19.5 Å². The van der Waals surface area contributed by atoms with E-state index in [2.05, 4.69) is 4.90 Å². The van der Waals surface area contributed by atoms with E-state index in [1.54, 1.807) is 11.0 Å². The average Bonchev–Trinajstić information content (AvgIpc) is 2.58. The van der Waals surface area contributed by atoms with Gasteiger partial charge in [-0.3, -0.25) is 4.79 Å². The highest BCUT2D eigenvalue weighted by molar-refractivity contribution is 5.99. The van der Waals surface area contributed by atoms with Crippen LogP contribution in [0.5, 0.6) is 5.75 Å². The number of carbonyl (C=O) groups excluding carboxylic acids is 2. The van der Waals surface area contributed by atoms with Crippen LogP contribution in [0, 0.1) is 0 Å². The molecule has 0 saturated carbocycles. The largest absolute Gasteiger partial charge is 0.489 e. The Morgan fingerprint density at radius 3 is 2.65 bits per heavy atom. The highest BCUT2D eigenvalue weighted by Gasteiger charge is 2.36. The predicted molar refractivity (Wildman–Crippen MR) is 93.2 cm³/mol. The molecule has 26 heavy (non-hydrogen) atoms. The van der Waals surface area contributed by atoms with E-state index < -0.39 is 11.6 Å². The lowest BCUT2D eigenvalue weighted by molar-refractivity contribution is 0.0194. The van der Waals surface area contributed by atoms with Gasteiger partial charge in [0.05, 0.1) is 17.3 Å². The van der Waals surface area contributed by atoms with E-state index in [4.69, 9.17) is 9.47 Å². The van der Waals surface area contributed by atoms with Gasteiger partial charge in [-0.15, -0.1) is 0 Å². The molecule has 1 aromatic carbocycles. The summed E-state index contributed by atoms with van der Waals surface area (Å²) in [6, 6.07) is 2.85. The molecular formula is C18H22N2O6. The van der Waals surface area contributed by atoms with Crippen molar-refractivity contribution in [2.45, 2.75) is 32.4 Å². The molecule has 1 amide bonds. The maximum Gasteiger partial charge on any atom is 0.410 e. The summed E-state index contributed by atoms with van der Waals surface area (Å²) in [5.41, 5.74) is 0.146. The molecule has 2 heterocycles. The van der Waals surface area contributed by atoms with Crippen LogP contribution in [0.2, 0.25) is 0 Å². The number of amides is 1. The fourth-order valence-electron chi connectivity index (χ4n) is 3.20. The maximum atomic E-state index is 12.3. The van der Waals surface area contributed by atoms with Crippen LogP contribution >= 0.6 is 0 Å². The number of aldehydes is 1. The summed E-state index contributed by atoms with van der Waals surface area (Å²) >= 11 is 0. The number of rotatable bonds is 2. The first-order valence-corrected chi connectivity index (χ1v) is 8.43. The lowest BCUT2D eigenvalue weighted by Crippen LogP contribution is -2.59. The number of carbonyl (C=O) groups is 3. The molecular weight excluding hydrogens is 340 g/mol. The predicted octanol–water partition coefficient (Wildman–Crippen LogP) is 2.02. The van der Waals surface area contributed by atoms with Crippen LogP contribution in [-0.2, 0) is 4.74 Å². The number of anilines is 1. The Morgan fingerprint density at radius 1 is 1.31 bits per heavy atom. The monoisotopic (exact) mass is 362 g/mol. The first-order valence-electron chi connectivity index (χ1n) is 8.43. The number of hydrogen-bond acceptors (Lipinski definition) is 6. The molecule has 8 nitrogen and oxygen atoms in total. The fourth-order valence-corrected chi connectivity index (χ4v) is 3.20. The summed E-state index contributed by atoms with van der Waals surface area (Å²) in [7, 11) is 0. The third kappa shape index (κ3) is 3.44. The third-order valence-electron chi connectivity index (χ3n) is 4.36. The number of fused-ring (bicyclic) bond motifs is 3. The van der Waals surface area contributed by atoms with Crippen molar-refractivity contribution in [2.75, 3.05) is 31.1 Å². The molecule has 1 atom stereocenters. The third-order valence-corrected chi connectivity index (χ3v) is 4.36. The van der Waals surface area contributed by atoms with Crippen LogP contribution in [0.4, 0.5) is 10.5 Å².